The van der Waals surface area contributed by atoms with Crippen LogP contribution in [-0.4, -0.2) is 40.1 Å². The van der Waals surface area contributed by atoms with Crippen molar-refractivity contribution in [1.82, 2.24) is 15.0 Å². The molecule has 2 aliphatic heterocycles. The van der Waals surface area contributed by atoms with Crippen LogP contribution in [0.4, 0.5) is 15.9 Å². The van der Waals surface area contributed by atoms with E-state index >= 15 is 0 Å². The second-order valence-corrected chi connectivity index (χ2v) is 9.32. The summed E-state index contributed by atoms with van der Waals surface area (Å²) in [6, 6.07) is 8.07. The zero-order valence-corrected chi connectivity index (χ0v) is 18.8. The molecule has 2 aromatic heterocycles. The molecule has 170 valence electrons. The third-order valence-electron chi connectivity index (χ3n) is 7.15. The first-order valence-electron chi connectivity index (χ1n) is 11.6. The normalized spacial score (nSPS) is 22.8. The summed E-state index contributed by atoms with van der Waals surface area (Å²) in [5.74, 6) is 1.15. The molecule has 0 radical (unpaired) electrons. The number of rotatable bonds is 4. The maximum absolute atomic E-state index is 14.6. The van der Waals surface area contributed by atoms with Crippen molar-refractivity contribution in [3.05, 3.63) is 53.2 Å². The number of fused-ring (bicyclic) bond motifs is 5. The molecule has 2 unspecified atom stereocenters. The van der Waals surface area contributed by atoms with Crippen molar-refractivity contribution in [2.75, 3.05) is 17.3 Å². The topological polar surface area (TPSA) is 89.2 Å². The minimum absolute atomic E-state index is 0.212. The average Bonchev–Trinajstić information content (AvgIpc) is 3.29. The molecule has 8 heteroatoms. The van der Waals surface area contributed by atoms with Gasteiger partial charge in [-0.15, -0.1) is 0 Å². The lowest BCUT2D eigenvalue weighted by atomic mass is 9.97. The van der Waals surface area contributed by atoms with E-state index in [0.717, 1.165) is 65.3 Å². The molecule has 0 saturated carbocycles. The number of aryl methyl sites for hydroxylation is 1. The number of aromatic nitrogens is 3. The maximum atomic E-state index is 14.6. The standard InChI is InChI=1S/C25H27FN6O/c1-13-3-6-18(12-29-13)33-25-30-22-11-19-20(7-14(26)8-21(19)28-2)23(22)24(31-25)32-16-4-5-17(32)10-15(27)9-16/h3,6-8,12,15-17,28H,4-5,9-11,27H2,1-2H3. The Morgan fingerprint density at radius 3 is 2.64 bits per heavy atom. The molecular weight excluding hydrogens is 419 g/mol. The quantitative estimate of drug-likeness (QED) is 0.486. The number of nitrogens with two attached hydrogens (primary N) is 1. The van der Waals surface area contributed by atoms with Crippen LogP contribution < -0.4 is 20.7 Å². The first kappa shape index (κ1) is 20.4. The number of hydrogen-bond donors (Lipinski definition) is 2. The smallest absolute Gasteiger partial charge is 0.324 e. The number of benzene rings is 1. The molecule has 2 atom stereocenters. The summed E-state index contributed by atoms with van der Waals surface area (Å²) in [6.07, 6.45) is 6.33. The van der Waals surface area contributed by atoms with Crippen molar-refractivity contribution in [1.29, 1.82) is 0 Å². The average molecular weight is 447 g/mol. The van der Waals surface area contributed by atoms with Gasteiger partial charge in [-0.05, 0) is 68.0 Å². The molecule has 3 N–H and O–H groups in total. The van der Waals surface area contributed by atoms with E-state index in [1.165, 1.54) is 6.07 Å². The number of anilines is 2. The Morgan fingerprint density at radius 1 is 1.15 bits per heavy atom. The summed E-state index contributed by atoms with van der Waals surface area (Å²) in [5.41, 5.74) is 11.7. The Bertz CT molecular complexity index is 1220. The Morgan fingerprint density at radius 2 is 1.94 bits per heavy atom. The lowest BCUT2D eigenvalue weighted by Crippen LogP contribution is -2.48. The van der Waals surface area contributed by atoms with Gasteiger partial charge in [0.05, 0.1) is 11.9 Å². The Hall–Kier alpha value is -3.26. The number of ether oxygens (including phenoxy) is 1. The largest absolute Gasteiger partial charge is 0.423 e. The summed E-state index contributed by atoms with van der Waals surface area (Å²) in [7, 11) is 1.82. The number of nitrogens with zero attached hydrogens (tertiary/aromatic N) is 4. The molecular formula is C25H27FN6O. The van der Waals surface area contributed by atoms with Crippen molar-refractivity contribution in [3.8, 4) is 22.9 Å². The van der Waals surface area contributed by atoms with E-state index in [1.807, 2.05) is 26.1 Å². The second kappa shape index (κ2) is 7.66. The second-order valence-electron chi connectivity index (χ2n) is 9.32. The number of hydrogen-bond acceptors (Lipinski definition) is 7. The van der Waals surface area contributed by atoms with Gasteiger partial charge in [-0.1, -0.05) is 0 Å². The third kappa shape index (κ3) is 3.40. The lowest BCUT2D eigenvalue weighted by molar-refractivity contribution is 0.405. The van der Waals surface area contributed by atoms with Crippen molar-refractivity contribution >= 4 is 11.5 Å². The molecule has 2 fully saturated rings. The van der Waals surface area contributed by atoms with E-state index in [9.17, 15) is 4.39 Å². The molecule has 1 aliphatic carbocycles. The van der Waals surface area contributed by atoms with Gasteiger partial charge >= 0.3 is 6.01 Å². The van der Waals surface area contributed by atoms with Crippen molar-refractivity contribution in [2.45, 2.75) is 57.2 Å². The van der Waals surface area contributed by atoms with Gasteiger partial charge < -0.3 is 20.7 Å². The number of piperidine rings is 1. The van der Waals surface area contributed by atoms with Gasteiger partial charge in [0.2, 0.25) is 0 Å². The number of pyridine rings is 1. The predicted octanol–water partition coefficient (Wildman–Crippen LogP) is 4.18. The van der Waals surface area contributed by atoms with Gasteiger partial charge in [-0.2, -0.15) is 9.97 Å². The highest BCUT2D eigenvalue weighted by Gasteiger charge is 2.43. The summed E-state index contributed by atoms with van der Waals surface area (Å²) in [6.45, 7) is 1.93. The highest BCUT2D eigenvalue weighted by Crippen LogP contribution is 2.49. The first-order valence-corrected chi connectivity index (χ1v) is 11.6. The van der Waals surface area contributed by atoms with Crippen molar-refractivity contribution in [3.63, 3.8) is 0 Å². The van der Waals surface area contributed by atoms with Gasteiger partial charge in [0, 0.05) is 48.5 Å². The molecule has 2 saturated heterocycles. The van der Waals surface area contributed by atoms with E-state index in [-0.39, 0.29) is 11.9 Å². The van der Waals surface area contributed by atoms with Crippen LogP contribution in [0.2, 0.25) is 0 Å². The molecule has 3 aliphatic rings. The Kier molecular flexibility index (Phi) is 4.72. The summed E-state index contributed by atoms with van der Waals surface area (Å²) in [4.78, 5) is 16.4. The summed E-state index contributed by atoms with van der Waals surface area (Å²) in [5, 5.41) is 3.14. The highest BCUT2D eigenvalue weighted by molar-refractivity contribution is 5.88. The van der Waals surface area contributed by atoms with E-state index < -0.39 is 0 Å². The molecule has 2 bridgehead atoms. The first-order chi connectivity index (χ1) is 16.0. The van der Waals surface area contributed by atoms with E-state index in [0.29, 0.717) is 30.3 Å². The molecule has 6 rings (SSSR count). The van der Waals surface area contributed by atoms with Crippen molar-refractivity contribution < 1.29 is 9.13 Å². The van der Waals surface area contributed by atoms with Gasteiger partial charge in [0.15, 0.2) is 0 Å². The zero-order chi connectivity index (χ0) is 22.7. The molecule has 1 aromatic carbocycles. The number of halogens is 1. The van der Waals surface area contributed by atoms with Crippen LogP contribution in [0, 0.1) is 12.7 Å². The summed E-state index contributed by atoms with van der Waals surface area (Å²) < 4.78 is 20.6. The van der Waals surface area contributed by atoms with Crippen LogP contribution in [-0.2, 0) is 6.42 Å². The van der Waals surface area contributed by atoms with Crippen LogP contribution in [0.5, 0.6) is 11.8 Å². The maximum Gasteiger partial charge on any atom is 0.324 e. The van der Waals surface area contributed by atoms with E-state index in [2.05, 4.69) is 15.2 Å². The van der Waals surface area contributed by atoms with Crippen LogP contribution in [0.3, 0.4) is 0 Å². The molecule has 7 nitrogen and oxygen atoms in total. The minimum atomic E-state index is -0.272. The minimum Gasteiger partial charge on any atom is -0.423 e. The molecule has 33 heavy (non-hydrogen) atoms. The van der Waals surface area contributed by atoms with Crippen LogP contribution in [0.15, 0.2) is 30.5 Å². The molecule has 3 aromatic rings. The van der Waals surface area contributed by atoms with E-state index in [1.54, 1.807) is 12.3 Å². The van der Waals surface area contributed by atoms with Gasteiger partial charge in [0.25, 0.3) is 0 Å². The van der Waals surface area contributed by atoms with Gasteiger partial charge in [-0.25, -0.2) is 4.39 Å². The highest BCUT2D eigenvalue weighted by atomic mass is 19.1. The Balaban J connectivity index is 1.50. The third-order valence-corrected chi connectivity index (χ3v) is 7.15. The fourth-order valence-electron chi connectivity index (χ4n) is 5.73. The molecule has 4 heterocycles. The fraction of sp³-hybridized carbons (Fsp3) is 0.400. The SMILES string of the molecule is CNc1cc(F)cc2c1Cc1nc(Oc3ccc(C)nc3)nc(N3C4CCC3CC(N)C4)c1-2. The molecule has 0 spiro atoms. The fourth-order valence-corrected chi connectivity index (χ4v) is 5.73. The van der Waals surface area contributed by atoms with Crippen LogP contribution in [0.1, 0.15) is 42.6 Å². The zero-order valence-electron chi connectivity index (χ0n) is 18.8. The lowest BCUT2D eigenvalue weighted by Gasteiger charge is -2.39. The van der Waals surface area contributed by atoms with Crippen molar-refractivity contribution in [2.24, 2.45) is 5.73 Å². The molecule has 0 amide bonds. The van der Waals surface area contributed by atoms with Crippen LogP contribution in [0.25, 0.3) is 11.1 Å². The van der Waals surface area contributed by atoms with Crippen LogP contribution >= 0.6 is 0 Å². The number of nitrogens with one attached hydrogen (secondary N) is 1. The summed E-state index contributed by atoms with van der Waals surface area (Å²) >= 11 is 0. The van der Waals surface area contributed by atoms with Gasteiger partial charge in [0.1, 0.15) is 17.4 Å². The van der Waals surface area contributed by atoms with Gasteiger partial charge in [-0.3, -0.25) is 4.98 Å². The monoisotopic (exact) mass is 446 g/mol. The van der Waals surface area contributed by atoms with E-state index in [4.69, 9.17) is 20.4 Å². The Labute approximate surface area is 192 Å². The predicted molar refractivity (Wildman–Crippen MR) is 125 cm³/mol.